The smallest absolute Gasteiger partial charge is 0.326 e. The number of urea groups is 1. The molecular weight excluding hydrogens is 268 g/mol. The van der Waals surface area contributed by atoms with E-state index < -0.39 is 23.5 Å². The van der Waals surface area contributed by atoms with Crippen LogP contribution in [0.5, 0.6) is 0 Å². The molecule has 0 radical (unpaired) electrons. The van der Waals surface area contributed by atoms with E-state index in [-0.39, 0.29) is 0 Å². The number of hydrogen-bond donors (Lipinski definition) is 2. The number of para-hydroxylation sites is 1. The predicted octanol–water partition coefficient (Wildman–Crippen LogP) is 3.03. The molecule has 2 N–H and O–H groups in total. The lowest BCUT2D eigenvalue weighted by atomic mass is 9.87. The van der Waals surface area contributed by atoms with E-state index >= 15 is 0 Å². The molecule has 1 atom stereocenters. The lowest BCUT2D eigenvalue weighted by molar-refractivity contribution is -0.141. The normalized spacial score (nSPS) is 12.6. The third kappa shape index (κ3) is 4.21. The summed E-state index contributed by atoms with van der Waals surface area (Å²) in [6, 6.07) is 6.20. The molecule has 0 spiro atoms. The van der Waals surface area contributed by atoms with E-state index in [1.165, 1.54) is 0 Å². The zero-order valence-corrected chi connectivity index (χ0v) is 13.3. The highest BCUT2D eigenvalue weighted by Crippen LogP contribution is 2.22. The summed E-state index contributed by atoms with van der Waals surface area (Å²) in [5.41, 5.74) is 1.19. The number of benzene rings is 1. The molecule has 0 aliphatic rings. The van der Waals surface area contributed by atoms with Gasteiger partial charge in [0.15, 0.2) is 0 Å². The molecule has 0 bridgehead atoms. The van der Waals surface area contributed by atoms with Gasteiger partial charge in [-0.25, -0.2) is 9.59 Å². The van der Waals surface area contributed by atoms with Gasteiger partial charge < -0.3 is 10.4 Å². The van der Waals surface area contributed by atoms with Crippen molar-refractivity contribution in [2.45, 2.75) is 40.7 Å². The Morgan fingerprint density at radius 2 is 1.86 bits per heavy atom. The topological polar surface area (TPSA) is 69.6 Å². The van der Waals surface area contributed by atoms with Crippen molar-refractivity contribution in [1.29, 1.82) is 0 Å². The summed E-state index contributed by atoms with van der Waals surface area (Å²) in [5.74, 6) is -1.03. The fraction of sp³-hybridized carbons (Fsp3) is 0.500. The second kappa shape index (κ2) is 6.61. The van der Waals surface area contributed by atoms with Crippen LogP contribution in [0.3, 0.4) is 0 Å². The molecule has 5 nitrogen and oxygen atoms in total. The summed E-state index contributed by atoms with van der Waals surface area (Å²) < 4.78 is 0. The van der Waals surface area contributed by atoms with Gasteiger partial charge in [0, 0.05) is 12.2 Å². The Balaban J connectivity index is 3.00. The van der Waals surface area contributed by atoms with Gasteiger partial charge in [-0.3, -0.25) is 4.90 Å². The van der Waals surface area contributed by atoms with Gasteiger partial charge in [0.1, 0.15) is 6.04 Å². The first kappa shape index (κ1) is 17.0. The van der Waals surface area contributed by atoms with Crippen molar-refractivity contribution in [1.82, 2.24) is 5.32 Å². The number of aliphatic carboxylic acids is 1. The number of hydrogen-bond acceptors (Lipinski definition) is 2. The number of carboxylic acid groups (broad SMARTS) is 1. The molecule has 0 aliphatic heterocycles. The molecule has 0 aromatic heterocycles. The third-order valence-electron chi connectivity index (χ3n) is 3.35. The summed E-state index contributed by atoms with van der Waals surface area (Å²) in [5, 5.41) is 11.9. The summed E-state index contributed by atoms with van der Waals surface area (Å²) >= 11 is 0. The molecule has 0 fully saturated rings. The van der Waals surface area contributed by atoms with Gasteiger partial charge in [0.2, 0.25) is 0 Å². The summed E-state index contributed by atoms with van der Waals surface area (Å²) in [7, 11) is 0. The second-order valence-electron chi connectivity index (χ2n) is 6.12. The molecule has 116 valence electrons. The fourth-order valence-corrected chi connectivity index (χ4v) is 2.14. The van der Waals surface area contributed by atoms with Crippen molar-refractivity contribution in [3.63, 3.8) is 0 Å². The minimum absolute atomic E-state index is 0.394. The first-order valence-electron chi connectivity index (χ1n) is 7.05. The van der Waals surface area contributed by atoms with Crippen LogP contribution in [0.25, 0.3) is 0 Å². The fourth-order valence-electron chi connectivity index (χ4n) is 2.14. The third-order valence-corrected chi connectivity index (χ3v) is 3.35. The van der Waals surface area contributed by atoms with Crippen molar-refractivity contribution < 1.29 is 14.7 Å². The monoisotopic (exact) mass is 292 g/mol. The number of carbonyl (C=O) groups excluding carboxylic acids is 1. The number of carbonyl (C=O) groups is 2. The number of nitrogens with zero attached hydrogens (tertiary/aromatic N) is 1. The van der Waals surface area contributed by atoms with E-state index in [2.05, 4.69) is 5.32 Å². The molecule has 0 unspecified atom stereocenters. The number of carboxylic acids is 1. The minimum Gasteiger partial charge on any atom is -0.480 e. The number of rotatable bonds is 4. The average Bonchev–Trinajstić information content (AvgIpc) is 2.37. The van der Waals surface area contributed by atoms with Crippen molar-refractivity contribution >= 4 is 17.7 Å². The summed E-state index contributed by atoms with van der Waals surface area (Å²) in [6.45, 7) is 9.61. The van der Waals surface area contributed by atoms with Gasteiger partial charge in [-0.05, 0) is 30.9 Å². The van der Waals surface area contributed by atoms with E-state index in [0.717, 1.165) is 11.3 Å². The van der Waals surface area contributed by atoms with E-state index in [4.69, 9.17) is 0 Å². The Hall–Kier alpha value is -2.04. The van der Waals surface area contributed by atoms with Gasteiger partial charge in [-0.15, -0.1) is 0 Å². The Morgan fingerprint density at radius 3 is 2.29 bits per heavy atom. The van der Waals surface area contributed by atoms with Crippen LogP contribution in [0.15, 0.2) is 24.3 Å². The molecule has 2 amide bonds. The van der Waals surface area contributed by atoms with Crippen LogP contribution >= 0.6 is 0 Å². The van der Waals surface area contributed by atoms with Crippen LogP contribution in [0, 0.1) is 12.3 Å². The molecule has 0 saturated heterocycles. The number of aryl methyl sites for hydroxylation is 1. The zero-order valence-electron chi connectivity index (χ0n) is 13.3. The molecule has 0 saturated carbocycles. The Labute approximate surface area is 126 Å². The average molecular weight is 292 g/mol. The Bertz CT molecular complexity index is 520. The molecule has 0 heterocycles. The van der Waals surface area contributed by atoms with Gasteiger partial charge in [0.25, 0.3) is 0 Å². The SMILES string of the molecule is CCN(C(=O)N[C@@H](C(=O)O)C(C)(C)C)c1ccccc1C. The molecule has 1 rings (SSSR count). The maximum Gasteiger partial charge on any atom is 0.326 e. The molecule has 0 aliphatic carbocycles. The van der Waals surface area contributed by atoms with Gasteiger partial charge in [-0.1, -0.05) is 39.0 Å². The minimum atomic E-state index is -1.03. The predicted molar refractivity (Wildman–Crippen MR) is 83.6 cm³/mol. The van der Waals surface area contributed by atoms with Gasteiger partial charge in [0.05, 0.1) is 0 Å². The van der Waals surface area contributed by atoms with Gasteiger partial charge >= 0.3 is 12.0 Å². The lowest BCUT2D eigenvalue weighted by Crippen LogP contribution is -2.53. The second-order valence-corrected chi connectivity index (χ2v) is 6.12. The molecule has 1 aromatic carbocycles. The maximum absolute atomic E-state index is 12.4. The Kier molecular flexibility index (Phi) is 5.35. The van der Waals surface area contributed by atoms with E-state index in [1.807, 2.05) is 38.1 Å². The highest BCUT2D eigenvalue weighted by Gasteiger charge is 2.33. The van der Waals surface area contributed by atoms with Crippen molar-refractivity contribution in [3.05, 3.63) is 29.8 Å². The van der Waals surface area contributed by atoms with Crippen LogP contribution < -0.4 is 10.2 Å². The lowest BCUT2D eigenvalue weighted by Gasteiger charge is -2.31. The maximum atomic E-state index is 12.4. The molecule has 5 heteroatoms. The van der Waals surface area contributed by atoms with Crippen molar-refractivity contribution in [2.75, 3.05) is 11.4 Å². The summed E-state index contributed by atoms with van der Waals surface area (Å²) in [6.07, 6.45) is 0. The molecular formula is C16H24N2O3. The van der Waals surface area contributed by atoms with Crippen molar-refractivity contribution in [2.24, 2.45) is 5.41 Å². The quantitative estimate of drug-likeness (QED) is 0.896. The molecule has 21 heavy (non-hydrogen) atoms. The van der Waals surface area contributed by atoms with Crippen LogP contribution in [0.2, 0.25) is 0 Å². The molecule has 1 aromatic rings. The first-order chi connectivity index (χ1) is 9.68. The van der Waals surface area contributed by atoms with Crippen LogP contribution in [-0.4, -0.2) is 29.7 Å². The zero-order chi connectivity index (χ0) is 16.2. The van der Waals surface area contributed by atoms with Gasteiger partial charge in [-0.2, -0.15) is 0 Å². The highest BCUT2D eigenvalue weighted by atomic mass is 16.4. The first-order valence-corrected chi connectivity index (χ1v) is 7.05. The van der Waals surface area contributed by atoms with E-state index in [9.17, 15) is 14.7 Å². The number of nitrogens with one attached hydrogen (secondary N) is 1. The van der Waals surface area contributed by atoms with Crippen LogP contribution in [0.1, 0.15) is 33.3 Å². The summed E-state index contributed by atoms with van der Waals surface area (Å²) in [4.78, 5) is 25.4. The Morgan fingerprint density at radius 1 is 1.29 bits per heavy atom. The van der Waals surface area contributed by atoms with Crippen LogP contribution in [0.4, 0.5) is 10.5 Å². The van der Waals surface area contributed by atoms with E-state index in [1.54, 1.807) is 25.7 Å². The highest BCUT2D eigenvalue weighted by molar-refractivity contribution is 5.95. The van der Waals surface area contributed by atoms with E-state index in [0.29, 0.717) is 6.54 Å². The van der Waals surface area contributed by atoms with Crippen molar-refractivity contribution in [3.8, 4) is 0 Å². The standard InChI is InChI=1S/C16H24N2O3/c1-6-18(12-10-8-7-9-11(12)2)15(21)17-13(14(19)20)16(3,4)5/h7-10,13H,6H2,1-5H3,(H,17,21)(H,19,20)/t13-/m0/s1. The number of amides is 2. The number of anilines is 1. The largest absolute Gasteiger partial charge is 0.480 e. The van der Waals surface area contributed by atoms with Crippen LogP contribution in [-0.2, 0) is 4.79 Å².